The van der Waals surface area contributed by atoms with E-state index in [1.54, 1.807) is 7.11 Å². The fraction of sp³-hybridized carbons (Fsp3) is 0.429. The third-order valence-corrected chi connectivity index (χ3v) is 5.06. The van der Waals surface area contributed by atoms with Gasteiger partial charge < -0.3 is 19.9 Å². The minimum Gasteiger partial charge on any atom is -0.495 e. The molecule has 27 heavy (non-hydrogen) atoms. The number of hydrogen-bond donors (Lipinski definition) is 2. The van der Waals surface area contributed by atoms with Gasteiger partial charge in [0.2, 0.25) is 0 Å². The summed E-state index contributed by atoms with van der Waals surface area (Å²) in [6, 6.07) is 14.0. The predicted octanol–water partition coefficient (Wildman–Crippen LogP) is 4.05. The molecule has 6 heteroatoms. The molecule has 1 aliphatic rings. The number of rotatable bonds is 7. The molecule has 0 bridgehead atoms. The minimum absolute atomic E-state index is 0. The largest absolute Gasteiger partial charge is 0.495 e. The van der Waals surface area contributed by atoms with Crippen LogP contribution < -0.4 is 14.8 Å². The Balaban J connectivity index is 0.00000261. The maximum Gasteiger partial charge on any atom is 0.137 e. The van der Waals surface area contributed by atoms with E-state index in [1.165, 1.54) is 11.1 Å². The fourth-order valence-corrected chi connectivity index (χ4v) is 3.63. The van der Waals surface area contributed by atoms with Crippen molar-refractivity contribution in [1.29, 1.82) is 0 Å². The van der Waals surface area contributed by atoms with Gasteiger partial charge in [-0.15, -0.1) is 12.4 Å². The molecular weight excluding hydrogens is 385 g/mol. The second kappa shape index (κ2) is 10.8. The highest BCUT2D eigenvalue weighted by atomic mass is 35.5. The van der Waals surface area contributed by atoms with Gasteiger partial charge in [-0.1, -0.05) is 29.8 Å². The van der Waals surface area contributed by atoms with Crippen molar-refractivity contribution in [2.75, 3.05) is 20.3 Å². The Labute approximate surface area is 172 Å². The average Bonchev–Trinajstić information content (AvgIpc) is 2.86. The van der Waals surface area contributed by atoms with E-state index in [4.69, 9.17) is 21.1 Å². The minimum atomic E-state index is -0.544. The molecule has 2 N–H and O–H groups in total. The van der Waals surface area contributed by atoms with E-state index >= 15 is 0 Å². The summed E-state index contributed by atoms with van der Waals surface area (Å²) in [5.41, 5.74) is 2.57. The van der Waals surface area contributed by atoms with Gasteiger partial charge in [-0.2, -0.15) is 0 Å². The van der Waals surface area contributed by atoms with Gasteiger partial charge in [0.05, 0.1) is 12.1 Å². The molecule has 1 aliphatic carbocycles. The predicted molar refractivity (Wildman–Crippen MR) is 112 cm³/mol. The topological polar surface area (TPSA) is 50.7 Å². The van der Waals surface area contributed by atoms with Crippen LogP contribution in [0.2, 0.25) is 5.02 Å². The third-order valence-electron chi connectivity index (χ3n) is 4.77. The Hall–Kier alpha value is -1.46. The van der Waals surface area contributed by atoms with Gasteiger partial charge in [0.25, 0.3) is 0 Å². The van der Waals surface area contributed by atoms with Gasteiger partial charge in [-0.05, 0) is 61.1 Å². The number of halogens is 2. The highest BCUT2D eigenvalue weighted by molar-refractivity contribution is 6.32. The molecule has 4 nitrogen and oxygen atoms in total. The van der Waals surface area contributed by atoms with Crippen LogP contribution in [0.4, 0.5) is 0 Å². The van der Waals surface area contributed by atoms with Crippen LogP contribution in [0, 0.1) is 0 Å². The van der Waals surface area contributed by atoms with Gasteiger partial charge >= 0.3 is 0 Å². The van der Waals surface area contributed by atoms with Crippen molar-refractivity contribution in [3.05, 3.63) is 58.6 Å². The van der Waals surface area contributed by atoms with Gasteiger partial charge in [0.15, 0.2) is 0 Å². The number of aliphatic hydroxyl groups is 1. The third kappa shape index (κ3) is 6.28. The molecule has 0 radical (unpaired) electrons. The molecule has 148 valence electrons. The number of ether oxygens (including phenoxy) is 2. The van der Waals surface area contributed by atoms with E-state index in [0.29, 0.717) is 17.6 Å². The molecule has 2 aromatic carbocycles. The lowest BCUT2D eigenvalue weighted by molar-refractivity contribution is 0.103. The number of para-hydroxylation sites is 1. The number of methoxy groups -OCH3 is 1. The molecule has 2 aromatic rings. The molecule has 0 aromatic heterocycles. The summed E-state index contributed by atoms with van der Waals surface area (Å²) in [4.78, 5) is 0. The Morgan fingerprint density at radius 3 is 2.74 bits per heavy atom. The van der Waals surface area contributed by atoms with Crippen LogP contribution in [0.15, 0.2) is 42.5 Å². The SMILES string of the molecule is COc1cc2c(cc1Cl)CCCC(NCC(O)COc1ccccc1)C2.Cl. The van der Waals surface area contributed by atoms with Crippen LogP contribution >= 0.6 is 24.0 Å². The zero-order valence-electron chi connectivity index (χ0n) is 15.5. The summed E-state index contributed by atoms with van der Waals surface area (Å²) < 4.78 is 11.0. The van der Waals surface area contributed by atoms with Crippen LogP contribution in [0.1, 0.15) is 24.0 Å². The van der Waals surface area contributed by atoms with Crippen molar-refractivity contribution in [2.24, 2.45) is 0 Å². The monoisotopic (exact) mass is 411 g/mol. The van der Waals surface area contributed by atoms with Crippen LogP contribution in [0.3, 0.4) is 0 Å². The Kier molecular flexibility index (Phi) is 8.71. The molecule has 0 spiro atoms. The number of aliphatic hydroxyl groups excluding tert-OH is 1. The van der Waals surface area contributed by atoms with E-state index in [0.717, 1.165) is 37.2 Å². The molecule has 0 heterocycles. The van der Waals surface area contributed by atoms with Crippen LogP contribution in [-0.2, 0) is 12.8 Å². The summed E-state index contributed by atoms with van der Waals surface area (Å²) >= 11 is 6.25. The first-order valence-corrected chi connectivity index (χ1v) is 9.48. The smallest absolute Gasteiger partial charge is 0.137 e. The maximum absolute atomic E-state index is 10.2. The highest BCUT2D eigenvalue weighted by Crippen LogP contribution is 2.31. The van der Waals surface area contributed by atoms with Gasteiger partial charge in [-0.3, -0.25) is 0 Å². The van der Waals surface area contributed by atoms with Crippen molar-refractivity contribution in [3.63, 3.8) is 0 Å². The van der Waals surface area contributed by atoms with Crippen LogP contribution in [-0.4, -0.2) is 37.5 Å². The van der Waals surface area contributed by atoms with Crippen LogP contribution in [0.25, 0.3) is 0 Å². The zero-order valence-corrected chi connectivity index (χ0v) is 17.1. The van der Waals surface area contributed by atoms with Crippen molar-refractivity contribution in [1.82, 2.24) is 5.32 Å². The molecule has 0 aliphatic heterocycles. The summed E-state index contributed by atoms with van der Waals surface area (Å²) in [5, 5.41) is 14.4. The molecule has 0 fully saturated rings. The first kappa shape index (κ1) is 21.8. The maximum atomic E-state index is 10.2. The molecular formula is C21H27Cl2NO3. The van der Waals surface area contributed by atoms with Crippen molar-refractivity contribution < 1.29 is 14.6 Å². The Bertz CT molecular complexity index is 712. The standard InChI is InChI=1S/C21H26ClNO3.ClH/c1-25-21-12-16-10-17(7-5-6-15(16)11-20(21)22)23-13-18(24)14-26-19-8-3-2-4-9-19;/h2-4,8-9,11-12,17-18,23-24H,5-7,10,13-14H2,1H3;1H. The van der Waals surface area contributed by atoms with Crippen LogP contribution in [0.5, 0.6) is 11.5 Å². The zero-order chi connectivity index (χ0) is 18.4. The lowest BCUT2D eigenvalue weighted by Crippen LogP contribution is -2.39. The first-order chi connectivity index (χ1) is 12.7. The van der Waals surface area contributed by atoms with E-state index in [-0.39, 0.29) is 19.0 Å². The summed E-state index contributed by atoms with van der Waals surface area (Å²) in [6.45, 7) is 0.793. The number of nitrogens with one attached hydrogen (secondary N) is 1. The molecule has 2 atom stereocenters. The van der Waals surface area contributed by atoms with Gasteiger partial charge in [0, 0.05) is 12.6 Å². The second-order valence-corrected chi connectivity index (χ2v) is 7.14. The summed E-state index contributed by atoms with van der Waals surface area (Å²) in [6.07, 6.45) is 3.56. The summed E-state index contributed by atoms with van der Waals surface area (Å²) in [5.74, 6) is 1.50. The number of hydrogen-bond acceptors (Lipinski definition) is 4. The van der Waals surface area contributed by atoms with Crippen molar-refractivity contribution in [2.45, 2.75) is 37.8 Å². The summed E-state index contributed by atoms with van der Waals surface area (Å²) in [7, 11) is 1.64. The lowest BCUT2D eigenvalue weighted by atomic mass is 10.0. The molecule has 3 rings (SSSR count). The fourth-order valence-electron chi connectivity index (χ4n) is 3.37. The number of benzene rings is 2. The molecule has 0 saturated heterocycles. The van der Waals surface area contributed by atoms with Gasteiger partial charge in [-0.25, -0.2) is 0 Å². The first-order valence-electron chi connectivity index (χ1n) is 9.10. The Morgan fingerprint density at radius 1 is 1.22 bits per heavy atom. The molecule has 0 saturated carbocycles. The molecule has 2 unspecified atom stereocenters. The van der Waals surface area contributed by atoms with Crippen molar-refractivity contribution >= 4 is 24.0 Å². The quantitative estimate of drug-likeness (QED) is 0.674. The molecule has 0 amide bonds. The highest BCUT2D eigenvalue weighted by Gasteiger charge is 2.19. The van der Waals surface area contributed by atoms with E-state index in [2.05, 4.69) is 5.32 Å². The number of aryl methyl sites for hydroxylation is 1. The normalized spacial score (nSPS) is 17.2. The van der Waals surface area contributed by atoms with E-state index in [9.17, 15) is 5.11 Å². The Morgan fingerprint density at radius 2 is 2.00 bits per heavy atom. The lowest BCUT2D eigenvalue weighted by Gasteiger charge is -2.20. The van der Waals surface area contributed by atoms with Gasteiger partial charge in [0.1, 0.15) is 24.2 Å². The number of fused-ring (bicyclic) bond motifs is 1. The average molecular weight is 412 g/mol. The van der Waals surface area contributed by atoms with E-state index < -0.39 is 6.10 Å². The van der Waals surface area contributed by atoms with E-state index in [1.807, 2.05) is 42.5 Å². The second-order valence-electron chi connectivity index (χ2n) is 6.73. The van der Waals surface area contributed by atoms with Crippen molar-refractivity contribution in [3.8, 4) is 11.5 Å².